The van der Waals surface area contributed by atoms with E-state index in [9.17, 15) is 9.59 Å². The van der Waals surface area contributed by atoms with E-state index in [1.807, 2.05) is 23.1 Å². The van der Waals surface area contributed by atoms with E-state index in [-0.39, 0.29) is 24.3 Å². The number of hydrogen-bond acceptors (Lipinski definition) is 4. The van der Waals surface area contributed by atoms with Crippen LogP contribution in [0.15, 0.2) is 24.4 Å². The Morgan fingerprint density at radius 2 is 1.96 bits per heavy atom. The summed E-state index contributed by atoms with van der Waals surface area (Å²) in [5.74, 6) is 0.656. The molecule has 0 aliphatic carbocycles. The zero-order valence-electron chi connectivity index (χ0n) is 13.5. The number of ether oxygens (including phenoxy) is 1. The molecule has 2 aliphatic heterocycles. The molecular weight excluding hydrogens is 294 g/mol. The average molecular weight is 317 g/mol. The summed E-state index contributed by atoms with van der Waals surface area (Å²) < 4.78 is 4.88. The first-order valence-electron chi connectivity index (χ1n) is 8.15. The molecule has 3 rings (SSSR count). The fourth-order valence-electron chi connectivity index (χ4n) is 3.31. The lowest BCUT2D eigenvalue weighted by Crippen LogP contribution is -2.52. The second-order valence-electron chi connectivity index (χ2n) is 6.28. The van der Waals surface area contributed by atoms with Gasteiger partial charge in [0.25, 0.3) is 0 Å². The second-order valence-corrected chi connectivity index (χ2v) is 6.28. The quantitative estimate of drug-likeness (QED) is 0.827. The highest BCUT2D eigenvalue weighted by molar-refractivity contribution is 5.81. The van der Waals surface area contributed by atoms with Gasteiger partial charge in [-0.3, -0.25) is 14.6 Å². The van der Waals surface area contributed by atoms with Crippen molar-refractivity contribution in [2.75, 3.05) is 39.9 Å². The Balaban J connectivity index is 1.45. The van der Waals surface area contributed by atoms with Crippen molar-refractivity contribution in [2.45, 2.75) is 18.8 Å². The molecule has 2 saturated heterocycles. The van der Waals surface area contributed by atoms with Crippen LogP contribution in [0.5, 0.6) is 0 Å². The normalized spacial score (nSPS) is 19.5. The summed E-state index contributed by atoms with van der Waals surface area (Å²) in [6.45, 7) is 2.94. The molecule has 2 amide bonds. The molecular formula is C17H23N3O3. The third-order valence-corrected chi connectivity index (χ3v) is 4.76. The monoisotopic (exact) mass is 317 g/mol. The van der Waals surface area contributed by atoms with Crippen molar-refractivity contribution in [3.8, 4) is 0 Å². The van der Waals surface area contributed by atoms with Gasteiger partial charge in [0.05, 0.1) is 0 Å². The van der Waals surface area contributed by atoms with Gasteiger partial charge in [-0.2, -0.15) is 0 Å². The van der Waals surface area contributed by atoms with E-state index in [0.29, 0.717) is 19.0 Å². The van der Waals surface area contributed by atoms with Crippen molar-refractivity contribution in [2.24, 2.45) is 5.92 Å². The van der Waals surface area contributed by atoms with E-state index < -0.39 is 0 Å². The van der Waals surface area contributed by atoms with Gasteiger partial charge in [0.2, 0.25) is 11.8 Å². The van der Waals surface area contributed by atoms with Crippen LogP contribution in [0.25, 0.3) is 0 Å². The number of piperidine rings is 1. The van der Waals surface area contributed by atoms with E-state index >= 15 is 0 Å². The van der Waals surface area contributed by atoms with Crippen molar-refractivity contribution in [1.82, 2.24) is 14.8 Å². The van der Waals surface area contributed by atoms with E-state index in [1.165, 1.54) is 7.11 Å². The molecule has 0 atom stereocenters. The molecule has 1 aromatic rings. The standard InChI is InChI=1S/C17H23N3O3/c1-23-12-16(21)19-8-5-13(6-9-19)17(22)20-10-14(11-20)15-4-2-3-7-18-15/h2-4,7,13-14H,5-6,8-12H2,1H3. The Labute approximate surface area is 136 Å². The molecule has 0 N–H and O–H groups in total. The van der Waals surface area contributed by atoms with E-state index in [1.54, 1.807) is 11.1 Å². The van der Waals surface area contributed by atoms with Crippen molar-refractivity contribution in [3.63, 3.8) is 0 Å². The van der Waals surface area contributed by atoms with Gasteiger partial charge in [0.1, 0.15) is 6.61 Å². The van der Waals surface area contributed by atoms with E-state index in [0.717, 1.165) is 31.6 Å². The molecule has 0 aromatic carbocycles. The topological polar surface area (TPSA) is 62.7 Å². The van der Waals surface area contributed by atoms with Crippen LogP contribution >= 0.6 is 0 Å². The molecule has 0 saturated carbocycles. The number of pyridine rings is 1. The highest BCUT2D eigenvalue weighted by Crippen LogP contribution is 2.29. The van der Waals surface area contributed by atoms with Gasteiger partial charge < -0.3 is 14.5 Å². The first-order valence-corrected chi connectivity index (χ1v) is 8.15. The van der Waals surface area contributed by atoms with Crippen LogP contribution in [0.1, 0.15) is 24.5 Å². The first kappa shape index (κ1) is 15.9. The number of aromatic nitrogens is 1. The Kier molecular flexibility index (Phi) is 4.91. The highest BCUT2D eigenvalue weighted by atomic mass is 16.5. The van der Waals surface area contributed by atoms with Crippen LogP contribution in [0.3, 0.4) is 0 Å². The largest absolute Gasteiger partial charge is 0.375 e. The number of rotatable bonds is 4. The van der Waals surface area contributed by atoms with Crippen LogP contribution in [0.2, 0.25) is 0 Å². The maximum absolute atomic E-state index is 12.5. The first-order chi connectivity index (χ1) is 11.2. The summed E-state index contributed by atoms with van der Waals surface area (Å²) in [4.78, 5) is 32.4. The smallest absolute Gasteiger partial charge is 0.248 e. The Morgan fingerprint density at radius 1 is 1.22 bits per heavy atom. The molecule has 6 heteroatoms. The third-order valence-electron chi connectivity index (χ3n) is 4.76. The van der Waals surface area contributed by atoms with Crippen LogP contribution in [-0.2, 0) is 14.3 Å². The Hall–Kier alpha value is -1.95. The van der Waals surface area contributed by atoms with Crippen LogP contribution < -0.4 is 0 Å². The molecule has 23 heavy (non-hydrogen) atoms. The summed E-state index contributed by atoms with van der Waals surface area (Å²) in [6.07, 6.45) is 3.30. The zero-order chi connectivity index (χ0) is 16.2. The number of carbonyl (C=O) groups is 2. The van der Waals surface area contributed by atoms with Gasteiger partial charge in [-0.15, -0.1) is 0 Å². The molecule has 3 heterocycles. The lowest BCUT2D eigenvalue weighted by Gasteiger charge is -2.42. The second kappa shape index (κ2) is 7.08. The minimum atomic E-state index is 0.0116. The van der Waals surface area contributed by atoms with Gasteiger partial charge in [-0.25, -0.2) is 0 Å². The van der Waals surface area contributed by atoms with Crippen molar-refractivity contribution in [1.29, 1.82) is 0 Å². The summed E-state index contributed by atoms with van der Waals surface area (Å²) in [5, 5.41) is 0. The zero-order valence-corrected chi connectivity index (χ0v) is 13.5. The SMILES string of the molecule is COCC(=O)N1CCC(C(=O)N2CC(c3ccccn3)C2)CC1. The molecule has 1 aromatic heterocycles. The number of nitrogens with zero attached hydrogens (tertiary/aromatic N) is 3. The average Bonchev–Trinajstić information content (AvgIpc) is 2.55. The minimum Gasteiger partial charge on any atom is -0.375 e. The minimum absolute atomic E-state index is 0.0116. The predicted octanol–water partition coefficient (Wildman–Crippen LogP) is 0.892. The van der Waals surface area contributed by atoms with Crippen LogP contribution in [-0.4, -0.2) is 66.5 Å². The molecule has 2 fully saturated rings. The molecule has 2 aliphatic rings. The maximum Gasteiger partial charge on any atom is 0.248 e. The van der Waals surface area contributed by atoms with Crippen LogP contribution in [0, 0.1) is 5.92 Å². The Bertz CT molecular complexity index is 549. The van der Waals surface area contributed by atoms with Gasteiger partial charge in [0, 0.05) is 57.0 Å². The van der Waals surface area contributed by atoms with Crippen molar-refractivity contribution >= 4 is 11.8 Å². The fraction of sp³-hybridized carbons (Fsp3) is 0.588. The number of likely N-dealkylation sites (tertiary alicyclic amines) is 2. The molecule has 0 bridgehead atoms. The van der Waals surface area contributed by atoms with Gasteiger partial charge in [-0.05, 0) is 25.0 Å². The summed E-state index contributed by atoms with van der Waals surface area (Å²) in [6, 6.07) is 5.91. The third kappa shape index (κ3) is 3.52. The fourth-order valence-corrected chi connectivity index (χ4v) is 3.31. The molecule has 6 nitrogen and oxygen atoms in total. The Morgan fingerprint density at radius 3 is 2.57 bits per heavy atom. The maximum atomic E-state index is 12.5. The lowest BCUT2D eigenvalue weighted by atomic mass is 9.90. The van der Waals surface area contributed by atoms with Crippen molar-refractivity contribution < 1.29 is 14.3 Å². The summed E-state index contributed by atoms with van der Waals surface area (Å²) >= 11 is 0. The van der Waals surface area contributed by atoms with Crippen LogP contribution in [0.4, 0.5) is 0 Å². The lowest BCUT2D eigenvalue weighted by molar-refractivity contribution is -0.145. The molecule has 0 spiro atoms. The van der Waals surface area contributed by atoms with Crippen molar-refractivity contribution in [3.05, 3.63) is 30.1 Å². The van der Waals surface area contributed by atoms with E-state index in [4.69, 9.17) is 4.74 Å². The number of hydrogen-bond donors (Lipinski definition) is 0. The van der Waals surface area contributed by atoms with Gasteiger partial charge >= 0.3 is 0 Å². The van der Waals surface area contributed by atoms with Gasteiger partial charge in [0.15, 0.2) is 0 Å². The number of carbonyl (C=O) groups excluding carboxylic acids is 2. The molecule has 124 valence electrons. The summed E-state index contributed by atoms with van der Waals surface area (Å²) in [5.41, 5.74) is 1.07. The van der Waals surface area contributed by atoms with E-state index in [2.05, 4.69) is 4.98 Å². The summed E-state index contributed by atoms with van der Waals surface area (Å²) in [7, 11) is 1.52. The molecule has 0 unspecified atom stereocenters. The highest BCUT2D eigenvalue weighted by Gasteiger charge is 2.37. The number of methoxy groups -OCH3 is 1. The predicted molar refractivity (Wildman–Crippen MR) is 84.7 cm³/mol. The molecule has 0 radical (unpaired) electrons. The van der Waals surface area contributed by atoms with Gasteiger partial charge in [-0.1, -0.05) is 6.07 Å². The number of amides is 2.